The van der Waals surface area contributed by atoms with E-state index in [1.54, 1.807) is 0 Å². The van der Waals surface area contributed by atoms with E-state index in [9.17, 15) is 4.79 Å². The van der Waals surface area contributed by atoms with Gasteiger partial charge in [0.1, 0.15) is 0 Å². The highest BCUT2D eigenvalue weighted by atomic mass is 79.9. The van der Waals surface area contributed by atoms with Crippen molar-refractivity contribution in [3.63, 3.8) is 0 Å². The smallest absolute Gasteiger partial charge is 0.222 e. The Kier molecular flexibility index (Phi) is 5.29. The number of ether oxygens (including phenoxy) is 1. The number of hydrogen-bond donors (Lipinski definition) is 0. The molecule has 0 aromatic rings. The van der Waals surface area contributed by atoms with Crippen molar-refractivity contribution < 1.29 is 9.53 Å². The van der Waals surface area contributed by atoms with Crippen molar-refractivity contribution in [3.8, 4) is 0 Å². The van der Waals surface area contributed by atoms with Crippen molar-refractivity contribution in [2.75, 3.05) is 25.0 Å². The highest BCUT2D eigenvalue weighted by Crippen LogP contribution is 2.21. The molecule has 0 aromatic carbocycles. The van der Waals surface area contributed by atoms with Gasteiger partial charge in [0.2, 0.25) is 5.91 Å². The second-order valence-electron chi connectivity index (χ2n) is 5.15. The number of amides is 1. The zero-order valence-corrected chi connectivity index (χ0v) is 12.0. The first-order valence-electron chi connectivity index (χ1n) is 6.75. The normalized spacial score (nSPS) is 26.4. The zero-order valence-electron chi connectivity index (χ0n) is 10.4. The molecule has 2 aliphatic heterocycles. The van der Waals surface area contributed by atoms with E-state index < -0.39 is 0 Å². The van der Waals surface area contributed by atoms with Crippen molar-refractivity contribution in [3.05, 3.63) is 0 Å². The number of carbonyl (C=O) groups excluding carboxylic acids is 1. The van der Waals surface area contributed by atoms with Crippen molar-refractivity contribution in [2.24, 2.45) is 5.92 Å². The molecule has 17 heavy (non-hydrogen) atoms. The van der Waals surface area contributed by atoms with Crippen LogP contribution in [0.3, 0.4) is 0 Å². The first-order chi connectivity index (χ1) is 8.29. The molecule has 98 valence electrons. The predicted octanol–water partition coefficient (Wildman–Crippen LogP) is 2.58. The number of halogens is 1. The number of alkyl halides is 1. The van der Waals surface area contributed by atoms with Gasteiger partial charge in [-0.05, 0) is 38.0 Å². The quantitative estimate of drug-likeness (QED) is 0.747. The lowest BCUT2D eigenvalue weighted by Crippen LogP contribution is -2.39. The molecule has 1 atom stereocenters. The summed E-state index contributed by atoms with van der Waals surface area (Å²) in [6.45, 7) is 2.77. The molecule has 0 radical (unpaired) electrons. The Labute approximate surface area is 112 Å². The largest absolute Gasteiger partial charge is 0.378 e. The average molecular weight is 304 g/mol. The van der Waals surface area contributed by atoms with Gasteiger partial charge in [-0.15, -0.1) is 0 Å². The Bertz CT molecular complexity index is 246. The summed E-state index contributed by atoms with van der Waals surface area (Å²) < 4.78 is 5.55. The summed E-state index contributed by atoms with van der Waals surface area (Å²) in [4.78, 5) is 14.0. The van der Waals surface area contributed by atoms with Crippen LogP contribution in [0.25, 0.3) is 0 Å². The molecule has 0 aliphatic carbocycles. The van der Waals surface area contributed by atoms with Gasteiger partial charge >= 0.3 is 0 Å². The average Bonchev–Trinajstić information content (AvgIpc) is 2.89. The van der Waals surface area contributed by atoms with Crippen molar-refractivity contribution in [2.45, 2.75) is 44.6 Å². The van der Waals surface area contributed by atoms with Crippen LogP contribution < -0.4 is 0 Å². The number of piperidine rings is 1. The monoisotopic (exact) mass is 303 g/mol. The first kappa shape index (κ1) is 13.3. The van der Waals surface area contributed by atoms with E-state index in [0.29, 0.717) is 18.4 Å². The molecular formula is C13H22BrNO2. The highest BCUT2D eigenvalue weighted by Gasteiger charge is 2.23. The molecule has 1 unspecified atom stereocenters. The minimum atomic E-state index is 0.327. The van der Waals surface area contributed by atoms with Gasteiger partial charge in [-0.25, -0.2) is 0 Å². The van der Waals surface area contributed by atoms with Gasteiger partial charge in [-0.1, -0.05) is 15.9 Å². The maximum absolute atomic E-state index is 12.0. The third-order valence-electron chi connectivity index (χ3n) is 3.89. The lowest BCUT2D eigenvalue weighted by atomic mass is 9.98. The van der Waals surface area contributed by atoms with Gasteiger partial charge in [-0.3, -0.25) is 4.79 Å². The van der Waals surface area contributed by atoms with Crippen molar-refractivity contribution in [1.82, 2.24) is 4.90 Å². The van der Waals surface area contributed by atoms with Crippen molar-refractivity contribution >= 4 is 21.8 Å². The number of likely N-dealkylation sites (tertiary alicyclic amines) is 1. The second-order valence-corrected chi connectivity index (χ2v) is 5.80. The van der Waals surface area contributed by atoms with Crippen LogP contribution in [0.15, 0.2) is 0 Å². The van der Waals surface area contributed by atoms with Crippen LogP contribution in [0.1, 0.15) is 38.5 Å². The number of rotatable bonds is 4. The minimum Gasteiger partial charge on any atom is -0.378 e. The second kappa shape index (κ2) is 6.74. The molecule has 2 saturated heterocycles. The molecule has 2 fully saturated rings. The fraction of sp³-hybridized carbons (Fsp3) is 0.923. The maximum Gasteiger partial charge on any atom is 0.222 e. The lowest BCUT2D eigenvalue weighted by Gasteiger charge is -2.31. The molecule has 0 bridgehead atoms. The highest BCUT2D eigenvalue weighted by molar-refractivity contribution is 9.09. The minimum absolute atomic E-state index is 0.327. The van der Waals surface area contributed by atoms with Crippen molar-refractivity contribution in [1.29, 1.82) is 0 Å². The summed E-state index contributed by atoms with van der Waals surface area (Å²) in [6.07, 6.45) is 6.53. The molecular weight excluding hydrogens is 282 g/mol. The van der Waals surface area contributed by atoms with Crippen LogP contribution >= 0.6 is 15.9 Å². The van der Waals surface area contributed by atoms with E-state index in [-0.39, 0.29) is 0 Å². The summed E-state index contributed by atoms with van der Waals surface area (Å²) in [7, 11) is 0. The summed E-state index contributed by atoms with van der Waals surface area (Å²) in [5.74, 6) is 1.09. The molecule has 2 rings (SSSR count). The summed E-state index contributed by atoms with van der Waals surface area (Å²) >= 11 is 3.52. The Hall–Kier alpha value is -0.0900. The van der Waals surface area contributed by atoms with Gasteiger partial charge in [0.15, 0.2) is 0 Å². The van der Waals surface area contributed by atoms with Crippen LogP contribution in [0.2, 0.25) is 0 Å². The van der Waals surface area contributed by atoms with Crippen LogP contribution in [-0.2, 0) is 9.53 Å². The molecule has 1 amide bonds. The lowest BCUT2D eigenvalue weighted by molar-refractivity contribution is -0.133. The van der Waals surface area contributed by atoms with E-state index in [1.165, 1.54) is 0 Å². The van der Waals surface area contributed by atoms with Gasteiger partial charge in [-0.2, -0.15) is 0 Å². The van der Waals surface area contributed by atoms with Gasteiger partial charge in [0.05, 0.1) is 6.10 Å². The molecule has 0 saturated carbocycles. The van der Waals surface area contributed by atoms with Crippen LogP contribution in [-0.4, -0.2) is 41.9 Å². The third-order valence-corrected chi connectivity index (χ3v) is 4.81. The summed E-state index contributed by atoms with van der Waals surface area (Å²) in [6, 6.07) is 0. The number of carbonyl (C=O) groups is 1. The molecule has 2 aliphatic rings. The molecule has 0 N–H and O–H groups in total. The Morgan fingerprint density at radius 1 is 1.29 bits per heavy atom. The van der Waals surface area contributed by atoms with E-state index >= 15 is 0 Å². The zero-order chi connectivity index (χ0) is 12.1. The Morgan fingerprint density at radius 2 is 2.06 bits per heavy atom. The standard InChI is InChI=1S/C13H22BrNO2/c14-10-11-5-7-15(8-6-11)13(16)4-3-12-2-1-9-17-12/h11-12H,1-10H2. The molecule has 2 heterocycles. The number of nitrogens with zero attached hydrogens (tertiary/aromatic N) is 1. The molecule has 3 nitrogen and oxygen atoms in total. The fourth-order valence-corrected chi connectivity index (χ4v) is 3.30. The molecule has 0 aromatic heterocycles. The first-order valence-corrected chi connectivity index (χ1v) is 7.87. The van der Waals surface area contributed by atoms with E-state index in [0.717, 1.165) is 63.0 Å². The Morgan fingerprint density at radius 3 is 2.65 bits per heavy atom. The van der Waals surface area contributed by atoms with Gasteiger partial charge in [0.25, 0.3) is 0 Å². The molecule has 4 heteroatoms. The van der Waals surface area contributed by atoms with Gasteiger partial charge in [0, 0.05) is 31.4 Å². The van der Waals surface area contributed by atoms with E-state index in [1.807, 2.05) is 4.90 Å². The number of hydrogen-bond acceptors (Lipinski definition) is 2. The topological polar surface area (TPSA) is 29.5 Å². The van der Waals surface area contributed by atoms with Crippen LogP contribution in [0.5, 0.6) is 0 Å². The van der Waals surface area contributed by atoms with Gasteiger partial charge < -0.3 is 9.64 Å². The summed E-state index contributed by atoms with van der Waals surface area (Å²) in [5.41, 5.74) is 0. The SMILES string of the molecule is O=C(CCC1CCCO1)N1CCC(CBr)CC1. The van der Waals surface area contributed by atoms with Crippen LogP contribution in [0, 0.1) is 5.92 Å². The third kappa shape index (κ3) is 3.95. The predicted molar refractivity (Wildman–Crippen MR) is 71.3 cm³/mol. The van der Waals surface area contributed by atoms with Crippen LogP contribution in [0.4, 0.5) is 0 Å². The molecule has 0 spiro atoms. The maximum atomic E-state index is 12.0. The fourth-order valence-electron chi connectivity index (χ4n) is 2.65. The van der Waals surface area contributed by atoms with E-state index in [4.69, 9.17) is 4.74 Å². The summed E-state index contributed by atoms with van der Waals surface area (Å²) in [5, 5.41) is 1.07. The Balaban J connectivity index is 1.66. The van der Waals surface area contributed by atoms with E-state index in [2.05, 4.69) is 15.9 Å².